The average molecular weight is 1120 g/mol. The fourth-order valence-electron chi connectivity index (χ4n) is 7.70. The van der Waals surface area contributed by atoms with Crippen molar-refractivity contribution in [1.82, 2.24) is 39.7 Å². The van der Waals surface area contributed by atoms with Gasteiger partial charge in [0.1, 0.15) is 21.4 Å². The van der Waals surface area contributed by atoms with E-state index in [-0.39, 0.29) is 78.6 Å². The van der Waals surface area contributed by atoms with E-state index in [1.807, 2.05) is 0 Å². The molecule has 0 unspecified atom stereocenters. The molecule has 8 rings (SSSR count). The van der Waals surface area contributed by atoms with E-state index in [9.17, 15) is 55.0 Å². The Bertz CT molecular complexity index is 3670. The van der Waals surface area contributed by atoms with Crippen LogP contribution in [0.25, 0.3) is 44.1 Å². The molecular weight excluding hydrogens is 1070 g/mol. The monoisotopic (exact) mass is 1120 g/mol. The molecule has 0 saturated carbocycles. The summed E-state index contributed by atoms with van der Waals surface area (Å²) in [6.45, 7) is 2.53. The van der Waals surface area contributed by atoms with Crippen LogP contribution in [0, 0.1) is 23.5 Å². The lowest BCUT2D eigenvalue weighted by Crippen LogP contribution is -2.32. The Morgan fingerprint density at radius 3 is 1.30 bits per heavy atom. The number of amides is 2. The summed E-state index contributed by atoms with van der Waals surface area (Å²) in [5, 5.41) is 24.5. The minimum atomic E-state index is -4.26. The van der Waals surface area contributed by atoms with Gasteiger partial charge in [-0.05, 0) is 83.9 Å². The maximum atomic E-state index is 13.4. The van der Waals surface area contributed by atoms with E-state index < -0.39 is 56.7 Å². The summed E-state index contributed by atoms with van der Waals surface area (Å²) in [5.41, 5.74) is 2.19. The molecule has 0 aliphatic heterocycles. The molecule has 396 valence electrons. The Balaban J connectivity index is 0.000000221. The lowest BCUT2D eigenvalue weighted by atomic mass is 10.0. The highest BCUT2D eigenvalue weighted by Gasteiger charge is 2.24. The SMILES string of the molecule is CNC(=O)[C@@H](C)Cn1cnc2ccc(-c3cnc(CO)c(NS(=O)(=O)c4ccc(F)cc4Cl)c3)cc2c1=O.CNC(=O)[C@H](C)Cn1cnc2ccc(-c3cnc(CO)c(NS(=O)(=O)c4ccc(F)cc4Cl)c3)cc2c1=O. The number of nitrogens with zero attached hydrogens (tertiary/aromatic N) is 6. The van der Waals surface area contributed by atoms with Crippen molar-refractivity contribution in [1.29, 1.82) is 0 Å². The number of halogens is 4. The Morgan fingerprint density at radius 1 is 0.579 bits per heavy atom. The summed E-state index contributed by atoms with van der Waals surface area (Å²) in [5.74, 6) is -2.72. The summed E-state index contributed by atoms with van der Waals surface area (Å²) in [6, 6.07) is 18.5. The highest BCUT2D eigenvalue weighted by atomic mass is 35.5. The van der Waals surface area contributed by atoms with Crippen molar-refractivity contribution in [2.24, 2.45) is 11.8 Å². The van der Waals surface area contributed by atoms with Gasteiger partial charge in [0.05, 0.1) is 92.3 Å². The Labute approximate surface area is 442 Å². The van der Waals surface area contributed by atoms with Gasteiger partial charge in [0.2, 0.25) is 11.8 Å². The maximum absolute atomic E-state index is 13.4. The number of aliphatic hydroxyl groups excluding tert-OH is 2. The number of aromatic nitrogens is 6. The zero-order chi connectivity index (χ0) is 55.2. The molecule has 76 heavy (non-hydrogen) atoms. The minimum absolute atomic E-state index is 0.0199. The summed E-state index contributed by atoms with van der Waals surface area (Å²) >= 11 is 11.9. The van der Waals surface area contributed by atoms with Crippen molar-refractivity contribution in [2.45, 2.75) is 49.9 Å². The van der Waals surface area contributed by atoms with Crippen molar-refractivity contribution in [3.63, 3.8) is 0 Å². The number of nitrogens with one attached hydrogen (secondary N) is 4. The van der Waals surface area contributed by atoms with Crippen LogP contribution in [0.3, 0.4) is 0 Å². The van der Waals surface area contributed by atoms with Crippen molar-refractivity contribution < 1.29 is 45.4 Å². The van der Waals surface area contributed by atoms with Crippen LogP contribution in [0.15, 0.2) is 129 Å². The highest BCUT2D eigenvalue weighted by Crippen LogP contribution is 2.32. The first-order valence-corrected chi connectivity index (χ1v) is 26.4. The second-order valence-corrected chi connectivity index (χ2v) is 21.1. The molecule has 4 aromatic carbocycles. The molecule has 4 aromatic heterocycles. The van der Waals surface area contributed by atoms with Gasteiger partial charge in [-0.2, -0.15) is 0 Å². The predicted octanol–water partition coefficient (Wildman–Crippen LogP) is 5.85. The van der Waals surface area contributed by atoms with E-state index in [0.29, 0.717) is 44.1 Å². The van der Waals surface area contributed by atoms with E-state index in [0.717, 1.165) is 36.4 Å². The van der Waals surface area contributed by atoms with Gasteiger partial charge in [-0.1, -0.05) is 49.2 Å². The zero-order valence-corrected chi connectivity index (χ0v) is 43.7. The van der Waals surface area contributed by atoms with Gasteiger partial charge < -0.3 is 20.8 Å². The Kier molecular flexibility index (Phi) is 17.3. The number of aliphatic hydroxyl groups is 2. The molecule has 0 spiro atoms. The Hall–Kier alpha value is -7.74. The van der Waals surface area contributed by atoms with Crippen LogP contribution in [0.1, 0.15) is 25.2 Å². The van der Waals surface area contributed by atoms with Crippen LogP contribution in [-0.2, 0) is 55.9 Å². The number of rotatable bonds is 16. The average Bonchev–Trinajstić information content (AvgIpc) is 3.39. The smallest absolute Gasteiger partial charge is 0.263 e. The van der Waals surface area contributed by atoms with Crippen LogP contribution in [0.5, 0.6) is 0 Å². The van der Waals surface area contributed by atoms with Gasteiger partial charge >= 0.3 is 0 Å². The lowest BCUT2D eigenvalue weighted by molar-refractivity contribution is -0.125. The first-order chi connectivity index (χ1) is 36.1. The van der Waals surface area contributed by atoms with Crippen LogP contribution < -0.4 is 31.2 Å². The molecule has 0 bridgehead atoms. The van der Waals surface area contributed by atoms with Gasteiger partial charge in [-0.25, -0.2) is 35.6 Å². The van der Waals surface area contributed by atoms with Crippen LogP contribution in [-0.4, -0.2) is 82.0 Å². The van der Waals surface area contributed by atoms with E-state index in [1.165, 1.54) is 60.4 Å². The second-order valence-electron chi connectivity index (χ2n) is 17.0. The molecule has 0 aliphatic carbocycles. The molecule has 2 amide bonds. The molecule has 4 heterocycles. The van der Waals surface area contributed by atoms with Gasteiger partial charge in [0, 0.05) is 50.7 Å². The van der Waals surface area contributed by atoms with Crippen molar-refractivity contribution in [2.75, 3.05) is 23.5 Å². The number of carbonyl (C=O) groups excluding carboxylic acids is 2. The van der Waals surface area contributed by atoms with Crippen LogP contribution >= 0.6 is 23.2 Å². The van der Waals surface area contributed by atoms with Crippen LogP contribution in [0.4, 0.5) is 20.2 Å². The first-order valence-electron chi connectivity index (χ1n) is 22.7. The van der Waals surface area contributed by atoms with E-state index in [4.69, 9.17) is 23.2 Å². The van der Waals surface area contributed by atoms with Crippen molar-refractivity contribution >= 4 is 88.2 Å². The number of fused-ring (bicyclic) bond motifs is 2. The molecule has 0 saturated heterocycles. The molecular formula is C50H46Cl2F2N10O10S2. The maximum Gasteiger partial charge on any atom is 0.263 e. The fourth-order valence-corrected chi connectivity index (χ4v) is 10.9. The third-order valence-electron chi connectivity index (χ3n) is 11.7. The molecule has 20 nitrogen and oxygen atoms in total. The topological polar surface area (TPSA) is 287 Å². The molecule has 0 fully saturated rings. The van der Waals surface area contributed by atoms with Crippen molar-refractivity contribution in [3.05, 3.63) is 164 Å². The first kappa shape index (κ1) is 56.0. The Morgan fingerprint density at radius 2 is 0.961 bits per heavy atom. The molecule has 2 atom stereocenters. The van der Waals surface area contributed by atoms with Gasteiger partial charge in [-0.3, -0.25) is 47.7 Å². The van der Waals surface area contributed by atoms with Gasteiger partial charge in [0.25, 0.3) is 31.2 Å². The normalized spacial score (nSPS) is 12.3. The third kappa shape index (κ3) is 12.5. The fraction of sp³-hybridized carbons (Fsp3) is 0.200. The molecule has 0 aliphatic rings. The van der Waals surface area contributed by atoms with Gasteiger partial charge in [0.15, 0.2) is 0 Å². The van der Waals surface area contributed by atoms with E-state index >= 15 is 0 Å². The number of hydrogen-bond donors (Lipinski definition) is 6. The summed E-state index contributed by atoms with van der Waals surface area (Å²) < 4.78 is 86.0. The summed E-state index contributed by atoms with van der Waals surface area (Å²) in [6.07, 6.45) is 5.62. The third-order valence-corrected chi connectivity index (χ3v) is 15.4. The summed E-state index contributed by atoms with van der Waals surface area (Å²) in [4.78, 5) is 66.3. The number of sulfonamides is 2. The zero-order valence-electron chi connectivity index (χ0n) is 40.5. The van der Waals surface area contributed by atoms with Crippen LogP contribution in [0.2, 0.25) is 10.0 Å². The molecule has 8 aromatic rings. The molecule has 26 heteroatoms. The minimum Gasteiger partial charge on any atom is -0.390 e. The number of pyridine rings is 2. The van der Waals surface area contributed by atoms with E-state index in [2.05, 4.69) is 40.0 Å². The largest absolute Gasteiger partial charge is 0.390 e. The number of anilines is 2. The molecule has 0 radical (unpaired) electrons. The molecule has 6 N–H and O–H groups in total. The van der Waals surface area contributed by atoms with Gasteiger partial charge in [-0.15, -0.1) is 0 Å². The highest BCUT2D eigenvalue weighted by molar-refractivity contribution is 7.93. The quantitative estimate of drug-likeness (QED) is 0.0662. The summed E-state index contributed by atoms with van der Waals surface area (Å²) in [7, 11) is -5.47. The van der Waals surface area contributed by atoms with Crippen molar-refractivity contribution in [3.8, 4) is 22.3 Å². The second kappa shape index (κ2) is 23.4. The number of hydrogen-bond acceptors (Lipinski definition) is 14. The standard InChI is InChI=1S/2C25H23ClFN5O5S/c2*1-14(24(34)28-2)11-32-13-30-20-5-3-15(7-18(20)25(32)35)16-8-21(22(12-33)29-10-16)31-38(36,37)23-6-4-17(27)9-19(23)26/h2*3-10,13-14,31,33H,11-12H2,1-2H3,(H,28,34)/t2*14-/m10/s1. The number of carbonyl (C=O) groups is 2. The lowest BCUT2D eigenvalue weighted by Gasteiger charge is -2.14. The predicted molar refractivity (Wildman–Crippen MR) is 281 cm³/mol. The van der Waals surface area contributed by atoms with E-state index in [1.54, 1.807) is 50.2 Å². The number of benzene rings is 4.